The number of nitrogens with zero attached hydrogens (tertiary/aromatic N) is 1. The van der Waals surface area contributed by atoms with E-state index in [0.29, 0.717) is 12.8 Å². The molecule has 0 heterocycles. The third-order valence-corrected chi connectivity index (χ3v) is 4.10. The van der Waals surface area contributed by atoms with Gasteiger partial charge in [0.2, 0.25) is 10.0 Å². The highest BCUT2D eigenvalue weighted by Crippen LogP contribution is 2.15. The fourth-order valence-electron chi connectivity index (χ4n) is 1.37. The van der Waals surface area contributed by atoms with E-state index in [2.05, 4.69) is 9.46 Å². The molecular formula is C11H20N2O4S. The molecule has 0 rings (SSSR count). The predicted molar refractivity (Wildman–Crippen MR) is 67.1 cm³/mol. The summed E-state index contributed by atoms with van der Waals surface area (Å²) in [6, 6.07) is 1.98. The number of nitriles is 1. The van der Waals surface area contributed by atoms with E-state index < -0.39 is 21.5 Å². The summed E-state index contributed by atoms with van der Waals surface area (Å²) < 4.78 is 30.5. The van der Waals surface area contributed by atoms with Gasteiger partial charge in [0.15, 0.2) is 0 Å². The maximum atomic E-state index is 11.8. The number of esters is 1. The Balaban J connectivity index is 4.57. The van der Waals surface area contributed by atoms with Crippen LogP contribution < -0.4 is 4.72 Å². The minimum Gasteiger partial charge on any atom is -0.466 e. The standard InChI is InChI=1S/C11H20N2O4S/c1-4-11(5-2,9-12)13-18(15,16)8-7-10(14)17-6-3/h13H,4-8H2,1-3H3. The van der Waals surface area contributed by atoms with Gasteiger partial charge in [0.05, 0.1) is 24.8 Å². The minimum atomic E-state index is -3.66. The summed E-state index contributed by atoms with van der Waals surface area (Å²) in [6.45, 7) is 5.35. The predicted octanol–water partition coefficient (Wildman–Crippen LogP) is 0.941. The topological polar surface area (TPSA) is 96.3 Å². The van der Waals surface area contributed by atoms with E-state index in [4.69, 9.17) is 5.26 Å². The van der Waals surface area contributed by atoms with Crippen LogP contribution in [0.25, 0.3) is 0 Å². The largest absolute Gasteiger partial charge is 0.466 e. The van der Waals surface area contributed by atoms with Gasteiger partial charge in [-0.25, -0.2) is 8.42 Å². The van der Waals surface area contributed by atoms with E-state index in [1.54, 1.807) is 20.8 Å². The highest BCUT2D eigenvalue weighted by atomic mass is 32.2. The second-order valence-electron chi connectivity index (χ2n) is 3.88. The van der Waals surface area contributed by atoms with Crippen LogP contribution in [0.1, 0.15) is 40.0 Å². The zero-order valence-electron chi connectivity index (χ0n) is 11.0. The van der Waals surface area contributed by atoms with Crippen LogP contribution in [0.5, 0.6) is 0 Å². The van der Waals surface area contributed by atoms with Crippen LogP contribution in [0.15, 0.2) is 0 Å². The van der Waals surface area contributed by atoms with Gasteiger partial charge < -0.3 is 4.74 Å². The minimum absolute atomic E-state index is 0.210. The summed E-state index contributed by atoms with van der Waals surface area (Å²) in [5.74, 6) is -0.923. The lowest BCUT2D eigenvalue weighted by molar-refractivity contribution is -0.142. The Bertz CT molecular complexity index is 407. The van der Waals surface area contributed by atoms with E-state index in [1.807, 2.05) is 6.07 Å². The van der Waals surface area contributed by atoms with Crippen molar-refractivity contribution in [2.75, 3.05) is 12.4 Å². The van der Waals surface area contributed by atoms with E-state index >= 15 is 0 Å². The third-order valence-electron chi connectivity index (χ3n) is 2.65. The average molecular weight is 276 g/mol. The maximum Gasteiger partial charge on any atom is 0.306 e. The second-order valence-corrected chi connectivity index (χ2v) is 5.72. The van der Waals surface area contributed by atoms with Crippen LogP contribution in [0, 0.1) is 11.3 Å². The Kier molecular flexibility index (Phi) is 6.88. The van der Waals surface area contributed by atoms with Crippen molar-refractivity contribution in [3.8, 4) is 6.07 Å². The zero-order valence-corrected chi connectivity index (χ0v) is 11.8. The number of carbonyl (C=O) groups excluding carboxylic acids is 1. The van der Waals surface area contributed by atoms with Crippen LogP contribution in [0.4, 0.5) is 0 Å². The van der Waals surface area contributed by atoms with Crippen LogP contribution in [-0.4, -0.2) is 32.3 Å². The molecule has 0 saturated heterocycles. The summed E-state index contributed by atoms with van der Waals surface area (Å²) in [5.41, 5.74) is -1.09. The van der Waals surface area contributed by atoms with Crippen molar-refractivity contribution in [2.24, 2.45) is 0 Å². The summed E-state index contributed by atoms with van der Waals surface area (Å²) in [6.07, 6.45) is 0.537. The third kappa shape index (κ3) is 5.47. The molecule has 0 fully saturated rings. The monoisotopic (exact) mass is 276 g/mol. The number of carbonyl (C=O) groups is 1. The van der Waals surface area contributed by atoms with Gasteiger partial charge in [-0.05, 0) is 19.8 Å². The quantitative estimate of drug-likeness (QED) is 0.665. The highest BCUT2D eigenvalue weighted by molar-refractivity contribution is 7.89. The molecule has 0 atom stereocenters. The molecule has 0 bridgehead atoms. The number of hydrogen-bond acceptors (Lipinski definition) is 5. The molecule has 0 unspecified atom stereocenters. The van der Waals surface area contributed by atoms with Gasteiger partial charge in [-0.3, -0.25) is 4.79 Å². The molecule has 1 N–H and O–H groups in total. The fraction of sp³-hybridized carbons (Fsp3) is 0.818. The summed E-state index contributed by atoms with van der Waals surface area (Å²) >= 11 is 0. The van der Waals surface area contributed by atoms with Crippen molar-refractivity contribution in [3.05, 3.63) is 0 Å². The molecule has 0 aromatic rings. The lowest BCUT2D eigenvalue weighted by atomic mass is 9.97. The summed E-state index contributed by atoms with van der Waals surface area (Å²) in [7, 11) is -3.66. The molecule has 0 saturated carbocycles. The van der Waals surface area contributed by atoms with Crippen LogP contribution >= 0.6 is 0 Å². The second kappa shape index (κ2) is 7.34. The van der Waals surface area contributed by atoms with Crippen molar-refractivity contribution < 1.29 is 17.9 Å². The van der Waals surface area contributed by atoms with Gasteiger partial charge in [-0.1, -0.05) is 13.8 Å². The Labute approximate surface area is 108 Å². The first kappa shape index (κ1) is 16.9. The van der Waals surface area contributed by atoms with E-state index in [0.717, 1.165) is 0 Å². The molecule has 6 nitrogen and oxygen atoms in total. The van der Waals surface area contributed by atoms with Gasteiger partial charge in [0, 0.05) is 0 Å². The number of rotatable bonds is 8. The molecule has 0 aromatic carbocycles. The molecule has 18 heavy (non-hydrogen) atoms. The zero-order chi connectivity index (χ0) is 14.2. The maximum absolute atomic E-state index is 11.8. The van der Waals surface area contributed by atoms with Crippen molar-refractivity contribution in [1.82, 2.24) is 4.72 Å². The Hall–Kier alpha value is -1.13. The average Bonchev–Trinajstić information content (AvgIpc) is 2.34. The lowest BCUT2D eigenvalue weighted by Gasteiger charge is -2.24. The highest BCUT2D eigenvalue weighted by Gasteiger charge is 2.31. The van der Waals surface area contributed by atoms with Crippen molar-refractivity contribution in [3.63, 3.8) is 0 Å². The molecule has 7 heteroatoms. The van der Waals surface area contributed by atoms with E-state index in [-0.39, 0.29) is 18.8 Å². The normalized spacial score (nSPS) is 11.9. The first-order valence-corrected chi connectivity index (χ1v) is 7.58. The smallest absolute Gasteiger partial charge is 0.306 e. The number of sulfonamides is 1. The van der Waals surface area contributed by atoms with Gasteiger partial charge in [-0.2, -0.15) is 9.98 Å². The van der Waals surface area contributed by atoms with E-state index in [1.165, 1.54) is 0 Å². The molecule has 0 radical (unpaired) electrons. The molecule has 104 valence electrons. The van der Waals surface area contributed by atoms with Gasteiger partial charge in [-0.15, -0.1) is 0 Å². The van der Waals surface area contributed by atoms with Crippen molar-refractivity contribution in [1.29, 1.82) is 5.26 Å². The number of hydrogen-bond donors (Lipinski definition) is 1. The van der Waals surface area contributed by atoms with E-state index in [9.17, 15) is 13.2 Å². The summed E-state index contributed by atoms with van der Waals surface area (Å²) in [4.78, 5) is 11.1. The Morgan fingerprint density at radius 1 is 1.33 bits per heavy atom. The molecule has 0 aliphatic rings. The molecule has 0 aliphatic carbocycles. The van der Waals surface area contributed by atoms with Crippen LogP contribution in [0.3, 0.4) is 0 Å². The molecule has 0 aromatic heterocycles. The summed E-state index contributed by atoms with van der Waals surface area (Å²) in [5, 5.41) is 9.03. The van der Waals surface area contributed by atoms with Crippen LogP contribution in [-0.2, 0) is 19.6 Å². The first-order valence-electron chi connectivity index (χ1n) is 5.93. The molecular weight excluding hydrogens is 256 g/mol. The first-order chi connectivity index (χ1) is 8.34. The lowest BCUT2D eigenvalue weighted by Crippen LogP contribution is -2.47. The molecule has 0 aliphatic heterocycles. The van der Waals surface area contributed by atoms with Crippen molar-refractivity contribution >= 4 is 16.0 Å². The molecule has 0 amide bonds. The van der Waals surface area contributed by atoms with Gasteiger partial charge >= 0.3 is 5.97 Å². The van der Waals surface area contributed by atoms with Crippen LogP contribution in [0.2, 0.25) is 0 Å². The SMILES string of the molecule is CCOC(=O)CCS(=O)(=O)NC(C#N)(CC)CC. The van der Waals surface area contributed by atoms with Crippen molar-refractivity contribution in [2.45, 2.75) is 45.6 Å². The fourth-order valence-corrected chi connectivity index (χ4v) is 2.84. The Morgan fingerprint density at radius 3 is 2.28 bits per heavy atom. The Morgan fingerprint density at radius 2 is 1.89 bits per heavy atom. The number of nitrogens with one attached hydrogen (secondary N) is 1. The number of ether oxygens (including phenoxy) is 1. The van der Waals surface area contributed by atoms with Gasteiger partial charge in [0.1, 0.15) is 5.54 Å². The molecule has 0 spiro atoms. The van der Waals surface area contributed by atoms with Gasteiger partial charge in [0.25, 0.3) is 0 Å².